The van der Waals surface area contributed by atoms with Crippen molar-refractivity contribution in [1.29, 1.82) is 0 Å². The zero-order chi connectivity index (χ0) is 19.1. The number of thioether (sulfide) groups is 1. The molecule has 0 saturated heterocycles. The Morgan fingerprint density at radius 3 is 2.69 bits per heavy atom. The van der Waals surface area contributed by atoms with Crippen molar-refractivity contribution in [2.24, 2.45) is 5.92 Å². The van der Waals surface area contributed by atoms with E-state index in [1.165, 1.54) is 17.8 Å². The van der Waals surface area contributed by atoms with E-state index in [2.05, 4.69) is 24.1 Å². The summed E-state index contributed by atoms with van der Waals surface area (Å²) in [6.07, 6.45) is 4.33. The fraction of sp³-hybridized carbons (Fsp3) is 0.368. The van der Waals surface area contributed by atoms with Gasteiger partial charge in [-0.2, -0.15) is 0 Å². The van der Waals surface area contributed by atoms with Gasteiger partial charge in [0.05, 0.1) is 15.9 Å². The summed E-state index contributed by atoms with van der Waals surface area (Å²) in [4.78, 5) is 28.0. The molecule has 1 N–H and O–H groups in total. The monoisotopic (exact) mass is 373 g/mol. The van der Waals surface area contributed by atoms with Gasteiger partial charge in [-0.25, -0.2) is 0 Å². The molecule has 0 aliphatic heterocycles. The van der Waals surface area contributed by atoms with Crippen LogP contribution >= 0.6 is 11.8 Å². The number of hydrogen-bond acceptors (Lipinski definition) is 5. The molecule has 0 saturated carbocycles. The van der Waals surface area contributed by atoms with Crippen LogP contribution in [-0.2, 0) is 0 Å². The molecule has 0 spiro atoms. The number of carbonyl (C=O) groups is 1. The fourth-order valence-electron chi connectivity index (χ4n) is 2.32. The van der Waals surface area contributed by atoms with Crippen molar-refractivity contribution in [2.45, 2.75) is 38.1 Å². The Morgan fingerprint density at radius 2 is 2.08 bits per heavy atom. The second-order valence-electron chi connectivity index (χ2n) is 6.45. The third kappa shape index (κ3) is 5.56. The summed E-state index contributed by atoms with van der Waals surface area (Å²) < 4.78 is 0. The van der Waals surface area contributed by atoms with Gasteiger partial charge in [0.15, 0.2) is 0 Å². The molecule has 1 unspecified atom stereocenters. The first-order valence-electron chi connectivity index (χ1n) is 8.50. The third-order valence-corrected chi connectivity index (χ3v) is 5.00. The first-order chi connectivity index (χ1) is 12.4. The molecular formula is C19H23N3O3S. The summed E-state index contributed by atoms with van der Waals surface area (Å²) in [6.45, 7) is 6.08. The molecule has 1 atom stereocenters. The highest BCUT2D eigenvalue weighted by molar-refractivity contribution is 7.99. The van der Waals surface area contributed by atoms with Crippen LogP contribution in [0.2, 0.25) is 0 Å². The number of carbonyl (C=O) groups excluding carboxylic acids is 1. The Kier molecular flexibility index (Phi) is 7.15. The largest absolute Gasteiger partial charge is 0.345 e. The number of hydrogen-bond donors (Lipinski definition) is 1. The quantitative estimate of drug-likeness (QED) is 0.414. The van der Waals surface area contributed by atoms with Crippen LogP contribution in [0.4, 0.5) is 5.69 Å². The standard InChI is InChI=1S/C19H23N3O3S/c1-13(2)8-10-26-18-7-6-15(11-17(18)22(24)25)19(23)21-14(3)16-5-4-9-20-12-16/h4-7,9,11-14H,8,10H2,1-3H3,(H,21,23). The van der Waals surface area contributed by atoms with Gasteiger partial charge in [0.2, 0.25) is 0 Å². The van der Waals surface area contributed by atoms with Crippen molar-refractivity contribution in [3.8, 4) is 0 Å². The Balaban J connectivity index is 2.12. The number of nitro benzene ring substituents is 1. The summed E-state index contributed by atoms with van der Waals surface area (Å²) in [5, 5.41) is 14.2. The second-order valence-corrected chi connectivity index (χ2v) is 7.59. The maximum atomic E-state index is 12.5. The van der Waals surface area contributed by atoms with Crippen molar-refractivity contribution in [3.63, 3.8) is 0 Å². The normalized spacial score (nSPS) is 12.0. The van der Waals surface area contributed by atoms with E-state index in [0.29, 0.717) is 10.8 Å². The van der Waals surface area contributed by atoms with Gasteiger partial charge < -0.3 is 5.32 Å². The maximum Gasteiger partial charge on any atom is 0.283 e. The van der Waals surface area contributed by atoms with Gasteiger partial charge >= 0.3 is 0 Å². The van der Waals surface area contributed by atoms with Gasteiger partial charge in [0.1, 0.15) is 0 Å². The number of amides is 1. The van der Waals surface area contributed by atoms with Crippen LogP contribution in [0.3, 0.4) is 0 Å². The van der Waals surface area contributed by atoms with Gasteiger partial charge in [-0.1, -0.05) is 19.9 Å². The van der Waals surface area contributed by atoms with Crippen LogP contribution in [0.1, 0.15) is 49.2 Å². The molecular weight excluding hydrogens is 350 g/mol. The highest BCUT2D eigenvalue weighted by Crippen LogP contribution is 2.31. The Bertz CT molecular complexity index is 766. The van der Waals surface area contributed by atoms with Crippen LogP contribution in [0.5, 0.6) is 0 Å². The predicted octanol–water partition coefficient (Wildman–Crippen LogP) is 4.62. The molecule has 0 bridgehead atoms. The molecule has 138 valence electrons. The van der Waals surface area contributed by atoms with Gasteiger partial charge in [0, 0.05) is 24.0 Å². The van der Waals surface area contributed by atoms with E-state index in [4.69, 9.17) is 0 Å². The predicted molar refractivity (Wildman–Crippen MR) is 103 cm³/mol. The van der Waals surface area contributed by atoms with E-state index in [-0.39, 0.29) is 23.2 Å². The molecule has 6 nitrogen and oxygen atoms in total. The molecule has 0 aliphatic carbocycles. The number of nitrogens with zero attached hydrogens (tertiary/aromatic N) is 2. The van der Waals surface area contributed by atoms with Crippen molar-refractivity contribution < 1.29 is 9.72 Å². The lowest BCUT2D eigenvalue weighted by Crippen LogP contribution is -2.26. The van der Waals surface area contributed by atoms with E-state index in [0.717, 1.165) is 17.7 Å². The summed E-state index contributed by atoms with van der Waals surface area (Å²) in [7, 11) is 0. The van der Waals surface area contributed by atoms with Gasteiger partial charge in [-0.15, -0.1) is 11.8 Å². The Morgan fingerprint density at radius 1 is 1.31 bits per heavy atom. The van der Waals surface area contributed by atoms with E-state index >= 15 is 0 Å². The highest BCUT2D eigenvalue weighted by atomic mass is 32.2. The minimum Gasteiger partial charge on any atom is -0.345 e. The molecule has 0 radical (unpaired) electrons. The summed E-state index contributed by atoms with van der Waals surface area (Å²) in [6, 6.07) is 8.07. The molecule has 26 heavy (non-hydrogen) atoms. The lowest BCUT2D eigenvalue weighted by Gasteiger charge is -2.14. The lowest BCUT2D eigenvalue weighted by atomic mass is 10.1. The first kappa shape index (κ1) is 19.9. The molecule has 7 heteroatoms. The molecule has 1 amide bonds. The van der Waals surface area contributed by atoms with E-state index in [9.17, 15) is 14.9 Å². The number of aromatic nitrogens is 1. The zero-order valence-corrected chi connectivity index (χ0v) is 16.0. The summed E-state index contributed by atoms with van der Waals surface area (Å²) in [5.41, 5.74) is 1.12. The number of nitro groups is 1. The molecule has 1 heterocycles. The molecule has 0 aliphatic rings. The van der Waals surface area contributed by atoms with E-state index in [1.54, 1.807) is 30.6 Å². The van der Waals surface area contributed by atoms with Gasteiger partial charge in [0.25, 0.3) is 11.6 Å². The Hall–Kier alpha value is -2.41. The van der Waals surface area contributed by atoms with Crippen molar-refractivity contribution in [1.82, 2.24) is 10.3 Å². The van der Waals surface area contributed by atoms with E-state index in [1.807, 2.05) is 13.0 Å². The Labute approximate surface area is 157 Å². The fourth-order valence-corrected chi connectivity index (χ4v) is 3.58. The van der Waals surface area contributed by atoms with Gasteiger partial charge in [-0.3, -0.25) is 19.9 Å². The highest BCUT2D eigenvalue weighted by Gasteiger charge is 2.19. The minimum absolute atomic E-state index is 0.0274. The SMILES string of the molecule is CC(C)CCSc1ccc(C(=O)NC(C)c2cccnc2)cc1[N+](=O)[O-]. The molecule has 2 aromatic rings. The number of benzene rings is 1. The third-order valence-electron chi connectivity index (χ3n) is 3.90. The van der Waals surface area contributed by atoms with Gasteiger partial charge in [-0.05, 0) is 48.8 Å². The van der Waals surface area contributed by atoms with Crippen molar-refractivity contribution >= 4 is 23.4 Å². The summed E-state index contributed by atoms with van der Waals surface area (Å²) in [5.74, 6) is 1.01. The molecule has 1 aromatic carbocycles. The topological polar surface area (TPSA) is 85.1 Å². The smallest absolute Gasteiger partial charge is 0.283 e. The summed E-state index contributed by atoms with van der Waals surface area (Å²) >= 11 is 1.45. The van der Waals surface area contributed by atoms with Crippen LogP contribution in [0.15, 0.2) is 47.6 Å². The van der Waals surface area contributed by atoms with Crippen molar-refractivity contribution in [3.05, 3.63) is 64.0 Å². The lowest BCUT2D eigenvalue weighted by molar-refractivity contribution is -0.387. The average Bonchev–Trinajstić information content (AvgIpc) is 2.62. The zero-order valence-electron chi connectivity index (χ0n) is 15.1. The maximum absolute atomic E-state index is 12.5. The van der Waals surface area contributed by atoms with E-state index < -0.39 is 4.92 Å². The molecule has 0 fully saturated rings. The first-order valence-corrected chi connectivity index (χ1v) is 9.49. The van der Waals surface area contributed by atoms with Crippen LogP contribution < -0.4 is 5.32 Å². The second kappa shape index (κ2) is 9.33. The number of rotatable bonds is 8. The molecule has 1 aromatic heterocycles. The molecule has 2 rings (SSSR count). The number of nitrogens with one attached hydrogen (secondary N) is 1. The number of pyridine rings is 1. The minimum atomic E-state index is -0.432. The van der Waals surface area contributed by atoms with Crippen LogP contribution in [0, 0.1) is 16.0 Å². The van der Waals surface area contributed by atoms with Crippen molar-refractivity contribution in [2.75, 3.05) is 5.75 Å². The average molecular weight is 373 g/mol. The van der Waals surface area contributed by atoms with Crippen LogP contribution in [-0.4, -0.2) is 21.6 Å². The van der Waals surface area contributed by atoms with Crippen LogP contribution in [0.25, 0.3) is 0 Å².